The molecule has 3 aromatic heterocycles. The SMILES string of the molecule is CCOC(=O)c1csc(Nc2nnc(Nc3nc4ccccc4s3)c(COC)c2C)n1. The topological polar surface area (TPSA) is 111 Å². The van der Waals surface area contributed by atoms with Gasteiger partial charge in [0.05, 0.1) is 23.4 Å². The molecule has 4 aromatic rings. The molecule has 3 heterocycles. The zero-order valence-electron chi connectivity index (χ0n) is 17.1. The molecule has 0 saturated heterocycles. The maximum Gasteiger partial charge on any atom is 0.357 e. The fourth-order valence-electron chi connectivity index (χ4n) is 2.85. The van der Waals surface area contributed by atoms with Crippen LogP contribution < -0.4 is 10.6 Å². The molecule has 31 heavy (non-hydrogen) atoms. The predicted molar refractivity (Wildman–Crippen MR) is 122 cm³/mol. The number of thiazole rings is 2. The highest BCUT2D eigenvalue weighted by molar-refractivity contribution is 7.22. The number of methoxy groups -OCH3 is 1. The van der Waals surface area contributed by atoms with Gasteiger partial charge in [0.1, 0.15) is 0 Å². The Morgan fingerprint density at radius 2 is 1.87 bits per heavy atom. The number of fused-ring (bicyclic) bond motifs is 1. The molecule has 4 rings (SSSR count). The van der Waals surface area contributed by atoms with E-state index in [1.165, 1.54) is 11.3 Å². The van der Waals surface area contributed by atoms with Crippen molar-refractivity contribution < 1.29 is 14.3 Å². The van der Waals surface area contributed by atoms with E-state index in [-0.39, 0.29) is 5.69 Å². The number of nitrogens with one attached hydrogen (secondary N) is 2. The summed E-state index contributed by atoms with van der Waals surface area (Å²) < 4.78 is 11.5. The lowest BCUT2D eigenvalue weighted by atomic mass is 10.1. The van der Waals surface area contributed by atoms with E-state index in [1.54, 1.807) is 30.8 Å². The Balaban J connectivity index is 1.59. The lowest BCUT2D eigenvalue weighted by molar-refractivity contribution is 0.0520. The Morgan fingerprint density at radius 1 is 1.10 bits per heavy atom. The highest BCUT2D eigenvalue weighted by Gasteiger charge is 2.17. The number of esters is 1. The van der Waals surface area contributed by atoms with E-state index >= 15 is 0 Å². The van der Waals surface area contributed by atoms with Crippen LogP contribution in [-0.2, 0) is 16.1 Å². The molecule has 0 aliphatic carbocycles. The predicted octanol–water partition coefficient (Wildman–Crippen LogP) is 4.66. The molecule has 1 aromatic carbocycles. The smallest absolute Gasteiger partial charge is 0.357 e. The number of anilines is 4. The summed E-state index contributed by atoms with van der Waals surface area (Å²) in [5, 5.41) is 17.9. The summed E-state index contributed by atoms with van der Waals surface area (Å²) in [4.78, 5) is 20.7. The first kappa shape index (κ1) is 21.1. The largest absolute Gasteiger partial charge is 0.461 e. The van der Waals surface area contributed by atoms with E-state index < -0.39 is 5.97 Å². The zero-order valence-corrected chi connectivity index (χ0v) is 18.8. The van der Waals surface area contributed by atoms with E-state index in [4.69, 9.17) is 9.47 Å². The van der Waals surface area contributed by atoms with Crippen LogP contribution in [0.2, 0.25) is 0 Å². The number of para-hydroxylation sites is 1. The van der Waals surface area contributed by atoms with Gasteiger partial charge in [-0.3, -0.25) is 0 Å². The zero-order chi connectivity index (χ0) is 21.8. The quantitative estimate of drug-likeness (QED) is 0.366. The molecule has 11 heteroatoms. The van der Waals surface area contributed by atoms with Crippen molar-refractivity contribution >= 4 is 60.8 Å². The molecule has 2 N–H and O–H groups in total. The van der Waals surface area contributed by atoms with Crippen molar-refractivity contribution in [3.8, 4) is 0 Å². The normalized spacial score (nSPS) is 10.9. The average molecular weight is 457 g/mol. The van der Waals surface area contributed by atoms with Crippen molar-refractivity contribution in [1.82, 2.24) is 20.2 Å². The highest BCUT2D eigenvalue weighted by Crippen LogP contribution is 2.31. The fourth-order valence-corrected chi connectivity index (χ4v) is 4.40. The van der Waals surface area contributed by atoms with Crippen molar-refractivity contribution in [2.24, 2.45) is 0 Å². The molecule has 0 spiro atoms. The number of carbonyl (C=O) groups excluding carboxylic acids is 1. The maximum atomic E-state index is 11.8. The second-order valence-electron chi connectivity index (χ2n) is 6.43. The number of ether oxygens (including phenoxy) is 2. The lowest BCUT2D eigenvalue weighted by Gasteiger charge is -2.14. The summed E-state index contributed by atoms with van der Waals surface area (Å²) in [6.45, 7) is 4.32. The Morgan fingerprint density at radius 3 is 2.65 bits per heavy atom. The molecule has 0 unspecified atom stereocenters. The van der Waals surface area contributed by atoms with Crippen molar-refractivity contribution in [3.05, 3.63) is 46.5 Å². The first-order valence-corrected chi connectivity index (χ1v) is 11.2. The minimum atomic E-state index is -0.454. The first-order chi connectivity index (χ1) is 15.1. The van der Waals surface area contributed by atoms with Crippen LogP contribution >= 0.6 is 22.7 Å². The second kappa shape index (κ2) is 9.33. The molecule has 0 aliphatic heterocycles. The summed E-state index contributed by atoms with van der Waals surface area (Å²) in [5.41, 5.74) is 2.88. The molecule has 0 atom stereocenters. The van der Waals surface area contributed by atoms with E-state index in [0.717, 1.165) is 26.5 Å². The molecule has 0 saturated carbocycles. The molecule has 0 fully saturated rings. The standard InChI is InChI=1S/C20H20N6O3S2/c1-4-29-18(27)14-10-30-19(22-14)23-16-11(2)12(9-28-3)17(26-25-16)24-20-21-13-7-5-6-8-15(13)31-20/h5-8,10H,4,9H2,1-3H3,(H,21,24,26)(H,22,23,25). The highest BCUT2D eigenvalue weighted by atomic mass is 32.1. The van der Waals surface area contributed by atoms with Gasteiger partial charge in [-0.25, -0.2) is 14.8 Å². The Kier molecular flexibility index (Phi) is 6.35. The Hall–Kier alpha value is -3.15. The maximum absolute atomic E-state index is 11.8. The van der Waals surface area contributed by atoms with E-state index in [0.29, 0.717) is 30.0 Å². The van der Waals surface area contributed by atoms with Crippen LogP contribution in [0.3, 0.4) is 0 Å². The second-order valence-corrected chi connectivity index (χ2v) is 8.32. The Bertz CT molecular complexity index is 1190. The summed E-state index contributed by atoms with van der Waals surface area (Å²) in [6.07, 6.45) is 0. The number of hydrogen-bond acceptors (Lipinski definition) is 11. The minimum absolute atomic E-state index is 0.256. The van der Waals surface area contributed by atoms with Gasteiger partial charge in [-0.2, -0.15) is 0 Å². The van der Waals surface area contributed by atoms with Crippen molar-refractivity contribution in [2.45, 2.75) is 20.5 Å². The number of benzene rings is 1. The third kappa shape index (κ3) is 4.63. The van der Waals surface area contributed by atoms with E-state index in [1.807, 2.05) is 31.2 Å². The summed E-state index contributed by atoms with van der Waals surface area (Å²) in [6, 6.07) is 7.93. The van der Waals surface area contributed by atoms with Crippen molar-refractivity contribution in [3.63, 3.8) is 0 Å². The van der Waals surface area contributed by atoms with Gasteiger partial charge in [-0.05, 0) is 26.0 Å². The van der Waals surface area contributed by atoms with E-state index in [2.05, 4.69) is 30.8 Å². The summed E-state index contributed by atoms with van der Waals surface area (Å²) in [7, 11) is 1.63. The molecule has 0 bridgehead atoms. The van der Waals surface area contributed by atoms with Gasteiger partial charge in [0, 0.05) is 23.6 Å². The van der Waals surface area contributed by atoms with Crippen LogP contribution in [0.1, 0.15) is 28.5 Å². The van der Waals surface area contributed by atoms with Crippen LogP contribution in [-0.4, -0.2) is 39.9 Å². The van der Waals surface area contributed by atoms with Crippen LogP contribution in [0.5, 0.6) is 0 Å². The molecular formula is C20H20N6O3S2. The minimum Gasteiger partial charge on any atom is -0.461 e. The number of carbonyl (C=O) groups is 1. The molecule has 160 valence electrons. The van der Waals surface area contributed by atoms with Gasteiger partial charge in [-0.15, -0.1) is 21.5 Å². The molecule has 0 radical (unpaired) electrons. The molecule has 0 amide bonds. The van der Waals surface area contributed by atoms with Crippen LogP contribution in [0.15, 0.2) is 29.6 Å². The fraction of sp³-hybridized carbons (Fsp3) is 0.250. The number of rotatable bonds is 8. The van der Waals surface area contributed by atoms with Crippen molar-refractivity contribution in [1.29, 1.82) is 0 Å². The first-order valence-electron chi connectivity index (χ1n) is 9.46. The number of hydrogen-bond donors (Lipinski definition) is 2. The van der Waals surface area contributed by atoms with Gasteiger partial charge >= 0.3 is 5.97 Å². The summed E-state index contributed by atoms with van der Waals surface area (Å²) >= 11 is 2.83. The van der Waals surface area contributed by atoms with Crippen LogP contribution in [0.4, 0.5) is 21.9 Å². The van der Waals surface area contributed by atoms with Gasteiger partial charge < -0.3 is 20.1 Å². The third-order valence-corrected chi connectivity index (χ3v) is 6.08. The molecule has 0 aliphatic rings. The molecule has 9 nitrogen and oxygen atoms in total. The Labute approximate surface area is 186 Å². The third-order valence-electron chi connectivity index (χ3n) is 4.37. The number of aromatic nitrogens is 4. The van der Waals surface area contributed by atoms with Crippen LogP contribution in [0, 0.1) is 6.92 Å². The van der Waals surface area contributed by atoms with Gasteiger partial charge in [0.25, 0.3) is 0 Å². The monoisotopic (exact) mass is 456 g/mol. The van der Waals surface area contributed by atoms with Crippen molar-refractivity contribution in [2.75, 3.05) is 24.4 Å². The van der Waals surface area contributed by atoms with E-state index in [9.17, 15) is 4.79 Å². The lowest BCUT2D eigenvalue weighted by Crippen LogP contribution is -2.09. The van der Waals surface area contributed by atoms with Crippen LogP contribution in [0.25, 0.3) is 10.2 Å². The number of nitrogens with zero attached hydrogens (tertiary/aromatic N) is 4. The summed E-state index contributed by atoms with van der Waals surface area (Å²) in [5.74, 6) is 0.659. The average Bonchev–Trinajstić information content (AvgIpc) is 3.39. The van der Waals surface area contributed by atoms with Gasteiger partial charge in [-0.1, -0.05) is 23.5 Å². The van der Waals surface area contributed by atoms with Gasteiger partial charge in [0.15, 0.2) is 27.6 Å². The van der Waals surface area contributed by atoms with Gasteiger partial charge in [0.2, 0.25) is 0 Å². The molecular weight excluding hydrogens is 436 g/mol.